The van der Waals surface area contributed by atoms with E-state index in [1.807, 2.05) is 48.7 Å². The molecule has 0 N–H and O–H groups in total. The summed E-state index contributed by atoms with van der Waals surface area (Å²) in [6, 6.07) is 35.1. The molecule has 7 nitrogen and oxygen atoms in total. The molecule has 48 heavy (non-hydrogen) atoms. The van der Waals surface area contributed by atoms with Crippen LogP contribution >= 0.6 is 23.2 Å². The van der Waals surface area contributed by atoms with E-state index in [1.54, 1.807) is 36.4 Å². The van der Waals surface area contributed by atoms with E-state index in [0.29, 0.717) is 40.1 Å². The number of ether oxygens (including phenoxy) is 2. The third kappa shape index (κ3) is 7.80. The number of carbonyl (C=O) groups is 1. The Kier molecular flexibility index (Phi) is 9.68. The van der Waals surface area contributed by atoms with E-state index in [0.717, 1.165) is 39.3 Å². The fourth-order valence-electron chi connectivity index (χ4n) is 5.22. The number of aromatic nitrogens is 2. The number of halogens is 2. The van der Waals surface area contributed by atoms with Gasteiger partial charge in [0.05, 0.1) is 28.3 Å². The number of hydrogen-bond acceptors (Lipinski definition) is 6. The summed E-state index contributed by atoms with van der Waals surface area (Å²) in [4.78, 5) is 17.1. The molecule has 0 aliphatic carbocycles. The first kappa shape index (κ1) is 33.0. The van der Waals surface area contributed by atoms with Gasteiger partial charge in [0.25, 0.3) is 0 Å². The molecule has 6 rings (SSSR count). The molecule has 0 fully saturated rings. The summed E-state index contributed by atoms with van der Waals surface area (Å²) in [5.74, 6) is 1.67. The topological polar surface area (TPSA) is 87.5 Å². The van der Waals surface area contributed by atoms with Gasteiger partial charge in [-0.3, -0.25) is 0 Å². The summed E-state index contributed by atoms with van der Waals surface area (Å²) in [7, 11) is -1.90. The summed E-state index contributed by atoms with van der Waals surface area (Å²) in [6.45, 7) is 0.545. The minimum Gasteiger partial charge on any atom is -0.465 e. The van der Waals surface area contributed by atoms with Crippen LogP contribution in [-0.4, -0.2) is 37.3 Å². The highest BCUT2D eigenvalue weighted by Gasteiger charge is 2.15. The van der Waals surface area contributed by atoms with Crippen molar-refractivity contribution < 1.29 is 22.7 Å². The molecule has 1 heterocycles. The van der Waals surface area contributed by atoms with Crippen molar-refractivity contribution in [2.24, 2.45) is 0 Å². The molecular weight excluding hydrogens is 667 g/mol. The molecule has 6 aromatic rings. The third-order valence-corrected chi connectivity index (χ3v) is 9.46. The Labute approximate surface area is 289 Å². The number of nitrogens with zero attached hydrogens (tertiary/aromatic N) is 2. The zero-order chi connectivity index (χ0) is 33.8. The van der Waals surface area contributed by atoms with E-state index in [2.05, 4.69) is 28.8 Å². The van der Waals surface area contributed by atoms with E-state index < -0.39 is 9.84 Å². The van der Waals surface area contributed by atoms with Crippen molar-refractivity contribution in [3.63, 3.8) is 0 Å². The predicted molar refractivity (Wildman–Crippen MR) is 189 cm³/mol. The van der Waals surface area contributed by atoms with E-state index in [-0.39, 0.29) is 10.9 Å². The Bertz CT molecular complexity index is 2180. The first-order valence-corrected chi connectivity index (χ1v) is 17.6. The first-order chi connectivity index (χ1) is 23.1. The number of sulfone groups is 1. The molecule has 0 saturated carbocycles. The van der Waals surface area contributed by atoms with Gasteiger partial charge in [0, 0.05) is 36.0 Å². The summed E-state index contributed by atoms with van der Waals surface area (Å²) in [5.41, 5.74) is 6.17. The summed E-state index contributed by atoms with van der Waals surface area (Å²) in [6.07, 6.45) is 3.74. The lowest BCUT2D eigenvalue weighted by atomic mass is 10.0. The van der Waals surface area contributed by atoms with Crippen LogP contribution in [0.2, 0.25) is 10.0 Å². The number of methoxy groups -OCH3 is 1. The second-order valence-electron chi connectivity index (χ2n) is 11.2. The van der Waals surface area contributed by atoms with Crippen LogP contribution in [0.4, 0.5) is 0 Å². The maximum absolute atomic E-state index is 11.9. The smallest absolute Gasteiger partial charge is 0.337 e. The van der Waals surface area contributed by atoms with E-state index in [4.69, 9.17) is 37.7 Å². The maximum Gasteiger partial charge on any atom is 0.337 e. The lowest BCUT2D eigenvalue weighted by molar-refractivity contribution is 0.0600. The minimum atomic E-state index is -3.27. The number of benzene rings is 5. The van der Waals surface area contributed by atoms with Crippen molar-refractivity contribution in [2.75, 3.05) is 13.4 Å². The van der Waals surface area contributed by atoms with E-state index in [9.17, 15) is 13.2 Å². The van der Waals surface area contributed by atoms with E-state index >= 15 is 0 Å². The average Bonchev–Trinajstić information content (AvgIpc) is 3.46. The van der Waals surface area contributed by atoms with Crippen molar-refractivity contribution in [3.8, 4) is 33.9 Å². The van der Waals surface area contributed by atoms with Crippen LogP contribution in [0.3, 0.4) is 0 Å². The van der Waals surface area contributed by atoms with Crippen LogP contribution in [0.5, 0.6) is 11.5 Å². The molecule has 0 amide bonds. The standard InChI is InChI=1S/C38H30Cl2N2O5S/c1-46-38(43)29-9-5-26(6-10-29)23-42-24-36(34-20-13-30(39)22-35(34)40)41-37(42)21-25-3-7-27(8-4-25)28-11-14-31(15-12-28)47-32-16-18-33(19-17-32)48(2,44)45/h3-20,22,24H,21,23H2,1-2H3. The van der Waals surface area contributed by atoms with Crippen molar-refractivity contribution in [2.45, 2.75) is 17.9 Å². The van der Waals surface area contributed by atoms with Crippen molar-refractivity contribution in [1.82, 2.24) is 9.55 Å². The van der Waals surface area contributed by atoms with Crippen molar-refractivity contribution in [3.05, 3.63) is 154 Å². The van der Waals surface area contributed by atoms with Gasteiger partial charge in [0.2, 0.25) is 0 Å². The molecular formula is C38H30Cl2N2O5S. The quantitative estimate of drug-likeness (QED) is 0.133. The zero-order valence-electron chi connectivity index (χ0n) is 26.1. The Morgan fingerprint density at radius 2 is 1.35 bits per heavy atom. The molecule has 5 aromatic carbocycles. The molecule has 0 spiro atoms. The lowest BCUT2D eigenvalue weighted by Gasteiger charge is -2.10. The molecule has 242 valence electrons. The minimum absolute atomic E-state index is 0.246. The molecule has 0 aliphatic rings. The van der Waals surface area contributed by atoms with Gasteiger partial charge >= 0.3 is 5.97 Å². The van der Waals surface area contributed by atoms with Gasteiger partial charge in [-0.25, -0.2) is 18.2 Å². The maximum atomic E-state index is 11.9. The second kappa shape index (κ2) is 14.1. The lowest BCUT2D eigenvalue weighted by Crippen LogP contribution is -2.06. The number of hydrogen-bond donors (Lipinski definition) is 0. The monoisotopic (exact) mass is 696 g/mol. The third-order valence-electron chi connectivity index (χ3n) is 7.79. The second-order valence-corrected chi connectivity index (χ2v) is 14.1. The summed E-state index contributed by atoms with van der Waals surface area (Å²) >= 11 is 12.7. The van der Waals surface area contributed by atoms with Crippen LogP contribution in [0, 0.1) is 0 Å². The fourth-order valence-corrected chi connectivity index (χ4v) is 6.36. The van der Waals surface area contributed by atoms with Crippen LogP contribution in [0.15, 0.2) is 126 Å². The van der Waals surface area contributed by atoms with Crippen molar-refractivity contribution in [1.29, 1.82) is 0 Å². The van der Waals surface area contributed by atoms with Crippen LogP contribution < -0.4 is 4.74 Å². The van der Waals surface area contributed by atoms with Gasteiger partial charge in [-0.1, -0.05) is 71.7 Å². The van der Waals surface area contributed by atoms with Gasteiger partial charge in [-0.15, -0.1) is 0 Å². The Morgan fingerprint density at radius 1 is 0.771 bits per heavy atom. The van der Waals surface area contributed by atoms with Crippen LogP contribution in [-0.2, 0) is 27.5 Å². The Hall–Kier alpha value is -4.89. The molecule has 0 saturated heterocycles. The van der Waals surface area contributed by atoms with Gasteiger partial charge in [0.1, 0.15) is 17.3 Å². The molecule has 0 aliphatic heterocycles. The predicted octanol–water partition coefficient (Wildman–Crippen LogP) is 9.15. The fraction of sp³-hybridized carbons (Fsp3) is 0.105. The summed E-state index contributed by atoms with van der Waals surface area (Å²) < 4.78 is 36.3. The largest absolute Gasteiger partial charge is 0.465 e. The molecule has 0 radical (unpaired) electrons. The normalized spacial score (nSPS) is 11.3. The molecule has 0 bridgehead atoms. The highest BCUT2D eigenvalue weighted by Crippen LogP contribution is 2.31. The first-order valence-electron chi connectivity index (χ1n) is 14.9. The number of esters is 1. The number of rotatable bonds is 10. The van der Waals surface area contributed by atoms with Crippen LogP contribution in [0.1, 0.15) is 27.3 Å². The highest BCUT2D eigenvalue weighted by molar-refractivity contribution is 7.90. The Balaban J connectivity index is 1.20. The molecule has 1 aromatic heterocycles. The van der Waals surface area contributed by atoms with Gasteiger partial charge in [-0.2, -0.15) is 0 Å². The summed E-state index contributed by atoms with van der Waals surface area (Å²) in [5, 5.41) is 1.07. The van der Waals surface area contributed by atoms with Crippen LogP contribution in [0.25, 0.3) is 22.4 Å². The van der Waals surface area contributed by atoms with Gasteiger partial charge in [-0.05, 0) is 89.0 Å². The average molecular weight is 698 g/mol. The highest BCUT2D eigenvalue weighted by atomic mass is 35.5. The molecule has 0 atom stereocenters. The van der Waals surface area contributed by atoms with Gasteiger partial charge < -0.3 is 14.0 Å². The molecule has 10 heteroatoms. The van der Waals surface area contributed by atoms with Gasteiger partial charge in [0.15, 0.2) is 9.84 Å². The number of imidazole rings is 1. The number of carbonyl (C=O) groups excluding carboxylic acids is 1. The Morgan fingerprint density at radius 3 is 1.94 bits per heavy atom. The van der Waals surface area contributed by atoms with E-state index in [1.165, 1.54) is 25.5 Å². The molecule has 0 unspecified atom stereocenters. The zero-order valence-corrected chi connectivity index (χ0v) is 28.4. The SMILES string of the molecule is COC(=O)c1ccc(Cn2cc(-c3ccc(Cl)cc3Cl)nc2Cc2ccc(-c3ccc(Oc4ccc(S(C)(=O)=O)cc4)cc3)cc2)cc1. The van der Waals surface area contributed by atoms with Crippen molar-refractivity contribution >= 4 is 39.0 Å².